The van der Waals surface area contributed by atoms with Gasteiger partial charge in [0.2, 0.25) is 0 Å². The van der Waals surface area contributed by atoms with Crippen molar-refractivity contribution in [3.05, 3.63) is 71.8 Å². The molecule has 2 aromatic carbocycles. The summed E-state index contributed by atoms with van der Waals surface area (Å²) in [6.07, 6.45) is 2.30. The molecule has 21 heavy (non-hydrogen) atoms. The van der Waals surface area contributed by atoms with Crippen LogP contribution in [0.1, 0.15) is 11.1 Å². The van der Waals surface area contributed by atoms with Crippen molar-refractivity contribution < 1.29 is 9.59 Å². The summed E-state index contributed by atoms with van der Waals surface area (Å²) in [6, 6.07) is 18.8. The van der Waals surface area contributed by atoms with Gasteiger partial charge in [-0.1, -0.05) is 60.7 Å². The first-order chi connectivity index (χ1) is 10.3. The Labute approximate surface area is 124 Å². The van der Waals surface area contributed by atoms with E-state index in [-0.39, 0.29) is 0 Å². The SMILES string of the molecule is O=[C]N(CCc1ccccc1)C(=O)NCc1ccccc1. The smallest absolute Gasteiger partial charge is 0.324 e. The molecule has 107 valence electrons. The van der Waals surface area contributed by atoms with E-state index in [0.29, 0.717) is 19.5 Å². The standard InChI is InChI=1S/C17H17N2O2/c20-14-19(12-11-15-7-3-1-4-8-15)17(21)18-13-16-9-5-2-6-10-16/h1-10H,11-13H2,(H,18,21). The van der Waals surface area contributed by atoms with Crippen LogP contribution in [0.3, 0.4) is 0 Å². The van der Waals surface area contributed by atoms with Gasteiger partial charge in [-0.05, 0) is 17.5 Å². The molecule has 0 spiro atoms. The summed E-state index contributed by atoms with van der Waals surface area (Å²) in [6.45, 7) is 0.706. The zero-order chi connectivity index (χ0) is 14.9. The van der Waals surface area contributed by atoms with E-state index in [1.807, 2.05) is 60.7 Å². The highest BCUT2D eigenvalue weighted by Crippen LogP contribution is 2.02. The Hall–Kier alpha value is -2.62. The van der Waals surface area contributed by atoms with E-state index >= 15 is 0 Å². The highest BCUT2D eigenvalue weighted by molar-refractivity contribution is 5.84. The molecule has 0 atom stereocenters. The number of rotatable bonds is 6. The third-order valence-corrected chi connectivity index (χ3v) is 3.11. The highest BCUT2D eigenvalue weighted by Gasteiger charge is 2.12. The van der Waals surface area contributed by atoms with Crippen molar-refractivity contribution in [2.24, 2.45) is 0 Å². The fourth-order valence-corrected chi connectivity index (χ4v) is 1.94. The Balaban J connectivity index is 1.82. The summed E-state index contributed by atoms with van der Waals surface area (Å²) in [4.78, 5) is 23.9. The van der Waals surface area contributed by atoms with Crippen molar-refractivity contribution in [3.63, 3.8) is 0 Å². The average molecular weight is 281 g/mol. The van der Waals surface area contributed by atoms with Gasteiger partial charge in [-0.2, -0.15) is 0 Å². The second-order valence-electron chi connectivity index (χ2n) is 4.62. The molecule has 0 aromatic heterocycles. The third kappa shape index (κ3) is 4.76. The normalized spacial score (nSPS) is 9.90. The fraction of sp³-hybridized carbons (Fsp3) is 0.176. The van der Waals surface area contributed by atoms with Crippen LogP contribution in [0.2, 0.25) is 0 Å². The van der Waals surface area contributed by atoms with E-state index < -0.39 is 6.03 Å². The molecule has 0 bridgehead atoms. The van der Waals surface area contributed by atoms with Crippen molar-refractivity contribution >= 4 is 12.4 Å². The third-order valence-electron chi connectivity index (χ3n) is 3.11. The monoisotopic (exact) mass is 281 g/mol. The minimum Gasteiger partial charge on any atom is -0.334 e. The summed E-state index contributed by atoms with van der Waals surface area (Å²) in [5, 5.41) is 2.71. The maximum Gasteiger partial charge on any atom is 0.324 e. The second-order valence-corrected chi connectivity index (χ2v) is 4.62. The Morgan fingerprint density at radius 1 is 0.952 bits per heavy atom. The van der Waals surface area contributed by atoms with Crippen LogP contribution >= 0.6 is 0 Å². The van der Waals surface area contributed by atoms with Crippen LogP contribution in [0.25, 0.3) is 0 Å². The molecule has 1 N–H and O–H groups in total. The van der Waals surface area contributed by atoms with Gasteiger partial charge in [-0.15, -0.1) is 0 Å². The zero-order valence-corrected chi connectivity index (χ0v) is 11.7. The van der Waals surface area contributed by atoms with E-state index in [9.17, 15) is 9.59 Å². The molecule has 3 amide bonds. The Bertz CT molecular complexity index is 570. The highest BCUT2D eigenvalue weighted by atomic mass is 16.2. The van der Waals surface area contributed by atoms with Crippen molar-refractivity contribution in [3.8, 4) is 0 Å². The lowest BCUT2D eigenvalue weighted by atomic mass is 10.1. The largest absolute Gasteiger partial charge is 0.334 e. The van der Waals surface area contributed by atoms with Gasteiger partial charge in [0.15, 0.2) is 0 Å². The number of hydrogen-bond donors (Lipinski definition) is 1. The molecular weight excluding hydrogens is 264 g/mol. The number of carbonyl (C=O) groups excluding carboxylic acids is 2. The van der Waals surface area contributed by atoms with Crippen LogP contribution in [0.4, 0.5) is 4.79 Å². The first kappa shape index (κ1) is 14.8. The number of imide groups is 1. The Morgan fingerprint density at radius 3 is 2.10 bits per heavy atom. The van der Waals surface area contributed by atoms with Crippen LogP contribution in [0.5, 0.6) is 0 Å². The van der Waals surface area contributed by atoms with Gasteiger partial charge in [0.05, 0.1) is 0 Å². The number of urea groups is 1. The summed E-state index contributed by atoms with van der Waals surface area (Å²) < 4.78 is 0. The van der Waals surface area contributed by atoms with Crippen LogP contribution in [-0.2, 0) is 17.8 Å². The van der Waals surface area contributed by atoms with Gasteiger partial charge in [-0.3, -0.25) is 9.69 Å². The van der Waals surface area contributed by atoms with Gasteiger partial charge in [-0.25, -0.2) is 4.79 Å². The molecule has 0 saturated carbocycles. The van der Waals surface area contributed by atoms with Crippen LogP contribution in [0, 0.1) is 0 Å². The maximum atomic E-state index is 11.9. The minimum absolute atomic E-state index is 0.314. The van der Waals surface area contributed by atoms with E-state index in [2.05, 4.69) is 5.32 Å². The molecule has 0 aliphatic rings. The van der Waals surface area contributed by atoms with Gasteiger partial charge in [0, 0.05) is 13.1 Å². The number of nitrogens with zero attached hydrogens (tertiary/aromatic N) is 1. The van der Waals surface area contributed by atoms with E-state index in [1.165, 1.54) is 0 Å². The van der Waals surface area contributed by atoms with Crippen molar-refractivity contribution in [1.29, 1.82) is 0 Å². The predicted molar refractivity (Wildman–Crippen MR) is 81.2 cm³/mol. The lowest BCUT2D eigenvalue weighted by Gasteiger charge is -2.15. The lowest BCUT2D eigenvalue weighted by molar-refractivity contribution is 0.219. The Kier molecular flexibility index (Phi) is 5.52. The van der Waals surface area contributed by atoms with Crippen LogP contribution < -0.4 is 5.32 Å². The van der Waals surface area contributed by atoms with E-state index in [1.54, 1.807) is 6.41 Å². The molecule has 4 nitrogen and oxygen atoms in total. The van der Waals surface area contributed by atoms with Gasteiger partial charge >= 0.3 is 12.4 Å². The number of carbonyl (C=O) groups is 1. The average Bonchev–Trinajstić information content (AvgIpc) is 2.55. The number of nitrogens with one attached hydrogen (secondary N) is 1. The molecule has 4 heteroatoms. The molecule has 0 aliphatic heterocycles. The molecule has 0 unspecified atom stereocenters. The van der Waals surface area contributed by atoms with Crippen LogP contribution in [-0.4, -0.2) is 23.9 Å². The van der Waals surface area contributed by atoms with Gasteiger partial charge in [0.25, 0.3) is 0 Å². The lowest BCUT2D eigenvalue weighted by Crippen LogP contribution is -2.39. The van der Waals surface area contributed by atoms with Crippen molar-refractivity contribution in [2.45, 2.75) is 13.0 Å². The summed E-state index contributed by atoms with van der Waals surface area (Å²) in [5.41, 5.74) is 2.06. The first-order valence-corrected chi connectivity index (χ1v) is 6.80. The number of amides is 3. The van der Waals surface area contributed by atoms with E-state index in [0.717, 1.165) is 16.0 Å². The summed E-state index contributed by atoms with van der Waals surface area (Å²) in [5.74, 6) is 0. The van der Waals surface area contributed by atoms with Crippen molar-refractivity contribution in [1.82, 2.24) is 10.2 Å². The topological polar surface area (TPSA) is 49.4 Å². The molecule has 0 aliphatic carbocycles. The molecule has 1 radical (unpaired) electrons. The van der Waals surface area contributed by atoms with Crippen molar-refractivity contribution in [2.75, 3.05) is 6.54 Å². The zero-order valence-electron chi connectivity index (χ0n) is 11.7. The summed E-state index contributed by atoms with van der Waals surface area (Å²) >= 11 is 0. The van der Waals surface area contributed by atoms with Gasteiger partial charge < -0.3 is 5.32 Å². The van der Waals surface area contributed by atoms with E-state index in [4.69, 9.17) is 0 Å². The van der Waals surface area contributed by atoms with Gasteiger partial charge in [0.1, 0.15) is 0 Å². The molecule has 2 rings (SSSR count). The molecule has 0 saturated heterocycles. The Morgan fingerprint density at radius 2 is 1.52 bits per heavy atom. The second kappa shape index (κ2) is 7.85. The minimum atomic E-state index is -0.426. The number of hydrogen-bond acceptors (Lipinski definition) is 2. The molecule has 2 aromatic rings. The van der Waals surface area contributed by atoms with Crippen LogP contribution in [0.15, 0.2) is 60.7 Å². The predicted octanol–water partition coefficient (Wildman–Crippen LogP) is 2.51. The first-order valence-electron chi connectivity index (χ1n) is 6.80. The quantitative estimate of drug-likeness (QED) is 0.827. The molecule has 0 fully saturated rings. The maximum absolute atomic E-state index is 11.9. The molecular formula is C17H17N2O2. The fourth-order valence-electron chi connectivity index (χ4n) is 1.94. The summed E-state index contributed by atoms with van der Waals surface area (Å²) in [7, 11) is 0. The number of benzene rings is 2. The molecule has 0 heterocycles.